The van der Waals surface area contributed by atoms with Crippen molar-refractivity contribution in [3.05, 3.63) is 23.9 Å². The van der Waals surface area contributed by atoms with Gasteiger partial charge in [-0.1, -0.05) is 0 Å². The molecule has 0 fully saturated rings. The van der Waals surface area contributed by atoms with Gasteiger partial charge in [0.25, 0.3) is 0 Å². The molecule has 0 saturated heterocycles. The van der Waals surface area contributed by atoms with Crippen LogP contribution in [0.2, 0.25) is 0 Å². The maximum atomic E-state index is 9.84. The van der Waals surface area contributed by atoms with Crippen molar-refractivity contribution < 1.29 is 14.6 Å². The first-order chi connectivity index (χ1) is 8.62. The fourth-order valence-electron chi connectivity index (χ4n) is 2.24. The molecule has 0 aliphatic carbocycles. The lowest BCUT2D eigenvalue weighted by Gasteiger charge is -2.09. The highest BCUT2D eigenvalue weighted by Crippen LogP contribution is 2.36. The highest BCUT2D eigenvalue weighted by molar-refractivity contribution is 5.87. The van der Waals surface area contributed by atoms with Crippen LogP contribution < -0.4 is 9.47 Å². The molecule has 98 valence electrons. The van der Waals surface area contributed by atoms with Crippen molar-refractivity contribution in [2.45, 2.75) is 26.5 Å². The van der Waals surface area contributed by atoms with E-state index in [2.05, 4.69) is 11.5 Å². The smallest absolute Gasteiger partial charge is 0.162 e. The second kappa shape index (κ2) is 4.90. The van der Waals surface area contributed by atoms with Gasteiger partial charge in [0.15, 0.2) is 11.5 Å². The predicted molar refractivity (Wildman–Crippen MR) is 71.3 cm³/mol. The standard InChI is InChI=1S/C14H19NO3/c1-5-15-8-11(9(2)16)10-6-13(17-3)14(18-4)7-12(10)15/h6-9,16H,5H2,1-4H3. The largest absolute Gasteiger partial charge is 0.493 e. The van der Waals surface area contributed by atoms with Gasteiger partial charge in [-0.25, -0.2) is 0 Å². The van der Waals surface area contributed by atoms with Crippen LogP contribution in [-0.2, 0) is 6.54 Å². The molecule has 18 heavy (non-hydrogen) atoms. The second-order valence-electron chi connectivity index (χ2n) is 4.27. The predicted octanol–water partition coefficient (Wildman–Crippen LogP) is 2.73. The number of benzene rings is 1. The summed E-state index contributed by atoms with van der Waals surface area (Å²) in [7, 11) is 3.24. The Balaban J connectivity index is 2.76. The van der Waals surface area contributed by atoms with Gasteiger partial charge in [0.05, 0.1) is 25.8 Å². The highest BCUT2D eigenvalue weighted by Gasteiger charge is 2.15. The van der Waals surface area contributed by atoms with E-state index in [1.54, 1.807) is 21.1 Å². The van der Waals surface area contributed by atoms with Crippen LogP contribution in [0.3, 0.4) is 0 Å². The van der Waals surface area contributed by atoms with Gasteiger partial charge in [0.1, 0.15) is 0 Å². The van der Waals surface area contributed by atoms with Crippen molar-refractivity contribution in [3.63, 3.8) is 0 Å². The Bertz CT molecular complexity index is 558. The van der Waals surface area contributed by atoms with Crippen molar-refractivity contribution in [2.75, 3.05) is 14.2 Å². The third-order valence-corrected chi connectivity index (χ3v) is 3.21. The van der Waals surface area contributed by atoms with E-state index < -0.39 is 6.10 Å². The van der Waals surface area contributed by atoms with Gasteiger partial charge >= 0.3 is 0 Å². The van der Waals surface area contributed by atoms with E-state index in [-0.39, 0.29) is 0 Å². The van der Waals surface area contributed by atoms with Gasteiger partial charge in [0.2, 0.25) is 0 Å². The lowest BCUT2D eigenvalue weighted by molar-refractivity contribution is 0.200. The minimum Gasteiger partial charge on any atom is -0.493 e. The van der Waals surface area contributed by atoms with Crippen molar-refractivity contribution in [2.24, 2.45) is 0 Å². The van der Waals surface area contributed by atoms with Crippen LogP contribution in [0.4, 0.5) is 0 Å². The van der Waals surface area contributed by atoms with Crippen LogP contribution in [-0.4, -0.2) is 23.9 Å². The summed E-state index contributed by atoms with van der Waals surface area (Å²) in [6, 6.07) is 3.87. The molecule has 1 atom stereocenters. The number of aromatic nitrogens is 1. The van der Waals surface area contributed by atoms with Crippen molar-refractivity contribution >= 4 is 10.9 Å². The maximum Gasteiger partial charge on any atom is 0.162 e. The Hall–Kier alpha value is -1.68. The van der Waals surface area contributed by atoms with Crippen LogP contribution in [0.15, 0.2) is 18.3 Å². The highest BCUT2D eigenvalue weighted by atomic mass is 16.5. The molecule has 2 rings (SSSR count). The monoisotopic (exact) mass is 249 g/mol. The zero-order chi connectivity index (χ0) is 13.3. The SMILES string of the molecule is CCn1cc(C(C)O)c2cc(OC)c(OC)cc21. The van der Waals surface area contributed by atoms with Crippen LogP contribution in [0.25, 0.3) is 10.9 Å². The molecule has 0 amide bonds. The minimum absolute atomic E-state index is 0.501. The molecule has 0 spiro atoms. The number of rotatable bonds is 4. The molecule has 0 aliphatic rings. The number of nitrogens with zero attached hydrogens (tertiary/aromatic N) is 1. The third kappa shape index (κ3) is 1.93. The molecule has 2 aromatic rings. The van der Waals surface area contributed by atoms with E-state index >= 15 is 0 Å². The fraction of sp³-hybridized carbons (Fsp3) is 0.429. The summed E-state index contributed by atoms with van der Waals surface area (Å²) in [4.78, 5) is 0. The molecule has 1 unspecified atom stereocenters. The molecule has 0 aliphatic heterocycles. The summed E-state index contributed by atoms with van der Waals surface area (Å²) in [6.07, 6.45) is 1.48. The molecular formula is C14H19NO3. The Kier molecular flexibility index (Phi) is 3.48. The Morgan fingerprint density at radius 2 is 1.83 bits per heavy atom. The quantitative estimate of drug-likeness (QED) is 0.906. The van der Waals surface area contributed by atoms with Gasteiger partial charge in [-0.2, -0.15) is 0 Å². The molecule has 1 aromatic carbocycles. The topological polar surface area (TPSA) is 43.6 Å². The van der Waals surface area contributed by atoms with E-state index in [9.17, 15) is 5.11 Å². The van der Waals surface area contributed by atoms with Crippen molar-refractivity contribution in [1.82, 2.24) is 4.57 Å². The summed E-state index contributed by atoms with van der Waals surface area (Å²) < 4.78 is 12.7. The zero-order valence-corrected chi connectivity index (χ0v) is 11.2. The van der Waals surface area contributed by atoms with Crippen LogP contribution in [0.5, 0.6) is 11.5 Å². The molecule has 1 aromatic heterocycles. The van der Waals surface area contributed by atoms with Crippen LogP contribution >= 0.6 is 0 Å². The normalized spacial score (nSPS) is 12.7. The number of aryl methyl sites for hydroxylation is 1. The van der Waals surface area contributed by atoms with E-state index in [1.165, 1.54) is 0 Å². The van der Waals surface area contributed by atoms with Gasteiger partial charge in [0, 0.05) is 29.8 Å². The maximum absolute atomic E-state index is 9.84. The number of aliphatic hydroxyl groups excluding tert-OH is 1. The number of aliphatic hydroxyl groups is 1. The first-order valence-electron chi connectivity index (χ1n) is 6.05. The van der Waals surface area contributed by atoms with Crippen molar-refractivity contribution in [3.8, 4) is 11.5 Å². The Morgan fingerprint density at radius 1 is 1.22 bits per heavy atom. The second-order valence-corrected chi connectivity index (χ2v) is 4.27. The average molecular weight is 249 g/mol. The van der Waals surface area contributed by atoms with Crippen LogP contribution in [0, 0.1) is 0 Å². The van der Waals surface area contributed by atoms with Gasteiger partial charge < -0.3 is 19.1 Å². The molecule has 4 heteroatoms. The Morgan fingerprint density at radius 3 is 2.33 bits per heavy atom. The summed E-state index contributed by atoms with van der Waals surface area (Å²) in [5, 5.41) is 10.8. The van der Waals surface area contributed by atoms with Gasteiger partial charge in [-0.3, -0.25) is 0 Å². The molecule has 1 N–H and O–H groups in total. The number of hydrogen-bond acceptors (Lipinski definition) is 3. The number of methoxy groups -OCH3 is 2. The lowest BCUT2D eigenvalue weighted by atomic mass is 10.1. The number of hydrogen-bond donors (Lipinski definition) is 1. The average Bonchev–Trinajstić information content (AvgIpc) is 2.74. The summed E-state index contributed by atoms with van der Waals surface area (Å²) >= 11 is 0. The van der Waals surface area contributed by atoms with E-state index in [4.69, 9.17) is 9.47 Å². The summed E-state index contributed by atoms with van der Waals surface area (Å²) in [6.45, 7) is 4.69. The minimum atomic E-state index is -0.501. The molecule has 1 heterocycles. The molecule has 4 nitrogen and oxygen atoms in total. The van der Waals surface area contributed by atoms with Gasteiger partial charge in [-0.05, 0) is 19.9 Å². The Labute approximate surface area is 107 Å². The first kappa shape index (κ1) is 12.8. The van der Waals surface area contributed by atoms with Crippen LogP contribution in [0.1, 0.15) is 25.5 Å². The van der Waals surface area contributed by atoms with Gasteiger partial charge in [-0.15, -0.1) is 0 Å². The number of fused-ring (bicyclic) bond motifs is 1. The molecule has 0 saturated carbocycles. The fourth-order valence-corrected chi connectivity index (χ4v) is 2.24. The molecule has 0 bridgehead atoms. The van der Waals surface area contributed by atoms with E-state index in [1.807, 2.05) is 18.3 Å². The first-order valence-corrected chi connectivity index (χ1v) is 6.05. The summed E-state index contributed by atoms with van der Waals surface area (Å²) in [5.41, 5.74) is 1.96. The summed E-state index contributed by atoms with van der Waals surface area (Å²) in [5.74, 6) is 1.38. The van der Waals surface area contributed by atoms with Crippen molar-refractivity contribution in [1.29, 1.82) is 0 Å². The zero-order valence-electron chi connectivity index (χ0n) is 11.2. The molecule has 0 radical (unpaired) electrons. The molecular weight excluding hydrogens is 230 g/mol. The number of ether oxygens (including phenoxy) is 2. The van der Waals surface area contributed by atoms with E-state index in [0.29, 0.717) is 11.5 Å². The lowest BCUT2D eigenvalue weighted by Crippen LogP contribution is -1.93. The third-order valence-electron chi connectivity index (χ3n) is 3.21. The van der Waals surface area contributed by atoms with E-state index in [0.717, 1.165) is 23.0 Å².